The molecule has 2 N–H and O–H groups in total. The molecule has 7 heteroatoms. The maximum atomic E-state index is 11.9. The van der Waals surface area contributed by atoms with Gasteiger partial charge in [0.05, 0.1) is 22.8 Å². The lowest BCUT2D eigenvalue weighted by Crippen LogP contribution is -2.28. The molecule has 6 nitrogen and oxygen atoms in total. The second-order valence-electron chi connectivity index (χ2n) is 4.80. The molecule has 0 fully saturated rings. The number of pyridine rings is 2. The number of thiazole rings is 1. The van der Waals surface area contributed by atoms with E-state index in [-0.39, 0.29) is 6.03 Å². The molecular formula is C16H15N5OS. The molecule has 0 aromatic carbocycles. The zero-order chi connectivity index (χ0) is 16.1. The largest absolute Gasteiger partial charge is 0.332 e. The van der Waals surface area contributed by atoms with Gasteiger partial charge >= 0.3 is 6.03 Å². The standard InChI is InChI=1S/C16H15N5OS/c1-11-14(12-5-8-17-9-6-12)23-16(20-11)21-15(22)19-10-13-4-2-3-7-18-13/h2-9H,10H2,1H3,(H2,19,20,21,22). The van der Waals surface area contributed by atoms with Crippen LogP contribution in [-0.2, 0) is 6.54 Å². The van der Waals surface area contributed by atoms with Gasteiger partial charge in [-0.05, 0) is 36.8 Å². The average molecular weight is 325 g/mol. The number of anilines is 1. The summed E-state index contributed by atoms with van der Waals surface area (Å²) in [5.41, 5.74) is 2.72. The molecule has 0 saturated heterocycles. The first kappa shape index (κ1) is 15.1. The van der Waals surface area contributed by atoms with Crippen LogP contribution in [-0.4, -0.2) is 21.0 Å². The van der Waals surface area contributed by atoms with Gasteiger partial charge in [-0.3, -0.25) is 15.3 Å². The molecule has 0 aliphatic heterocycles. The highest BCUT2D eigenvalue weighted by atomic mass is 32.1. The van der Waals surface area contributed by atoms with Crippen molar-refractivity contribution in [2.24, 2.45) is 0 Å². The highest BCUT2D eigenvalue weighted by Crippen LogP contribution is 2.32. The van der Waals surface area contributed by atoms with Gasteiger partial charge in [0.15, 0.2) is 5.13 Å². The molecule has 0 saturated carbocycles. The van der Waals surface area contributed by atoms with Crippen LogP contribution in [0.4, 0.5) is 9.93 Å². The average Bonchev–Trinajstić information content (AvgIpc) is 2.95. The van der Waals surface area contributed by atoms with Crippen molar-refractivity contribution in [2.75, 3.05) is 5.32 Å². The number of carbonyl (C=O) groups is 1. The van der Waals surface area contributed by atoms with Crippen molar-refractivity contribution in [1.29, 1.82) is 0 Å². The minimum Gasteiger partial charge on any atom is -0.332 e. The minimum atomic E-state index is -0.300. The highest BCUT2D eigenvalue weighted by molar-refractivity contribution is 7.19. The van der Waals surface area contributed by atoms with Crippen LogP contribution >= 0.6 is 11.3 Å². The van der Waals surface area contributed by atoms with Crippen molar-refractivity contribution in [3.05, 3.63) is 60.3 Å². The van der Waals surface area contributed by atoms with Crippen molar-refractivity contribution < 1.29 is 4.79 Å². The summed E-state index contributed by atoms with van der Waals surface area (Å²) in [5.74, 6) is 0. The van der Waals surface area contributed by atoms with Gasteiger partial charge in [-0.25, -0.2) is 9.78 Å². The molecule has 116 valence electrons. The third-order valence-corrected chi connectivity index (χ3v) is 4.24. The Morgan fingerprint density at radius 1 is 1.17 bits per heavy atom. The van der Waals surface area contributed by atoms with E-state index in [1.807, 2.05) is 37.3 Å². The monoisotopic (exact) mass is 325 g/mol. The molecule has 23 heavy (non-hydrogen) atoms. The van der Waals surface area contributed by atoms with E-state index in [4.69, 9.17) is 0 Å². The van der Waals surface area contributed by atoms with E-state index in [1.165, 1.54) is 11.3 Å². The molecular weight excluding hydrogens is 310 g/mol. The third kappa shape index (κ3) is 3.89. The summed E-state index contributed by atoms with van der Waals surface area (Å²) in [7, 11) is 0. The number of urea groups is 1. The van der Waals surface area contributed by atoms with Crippen LogP contribution in [0.1, 0.15) is 11.4 Å². The molecule has 3 rings (SSSR count). The van der Waals surface area contributed by atoms with Crippen molar-refractivity contribution in [2.45, 2.75) is 13.5 Å². The molecule has 3 aromatic rings. The van der Waals surface area contributed by atoms with Crippen molar-refractivity contribution in [3.8, 4) is 10.4 Å². The number of aromatic nitrogens is 3. The number of hydrogen-bond donors (Lipinski definition) is 2. The normalized spacial score (nSPS) is 10.3. The minimum absolute atomic E-state index is 0.300. The fraction of sp³-hybridized carbons (Fsp3) is 0.125. The molecule has 0 aliphatic rings. The number of carbonyl (C=O) groups excluding carboxylic acids is 1. The number of rotatable bonds is 4. The van der Waals surface area contributed by atoms with Gasteiger partial charge in [0.2, 0.25) is 0 Å². The number of amides is 2. The molecule has 0 aliphatic carbocycles. The Kier molecular flexibility index (Phi) is 4.58. The molecule has 0 spiro atoms. The first-order valence-electron chi connectivity index (χ1n) is 7.05. The SMILES string of the molecule is Cc1nc(NC(=O)NCc2ccccn2)sc1-c1ccncc1. The lowest BCUT2D eigenvalue weighted by molar-refractivity contribution is 0.251. The first-order chi connectivity index (χ1) is 11.2. The van der Waals surface area contributed by atoms with Crippen LogP contribution in [0.15, 0.2) is 48.9 Å². The van der Waals surface area contributed by atoms with Crippen LogP contribution in [0.2, 0.25) is 0 Å². The van der Waals surface area contributed by atoms with Gasteiger partial charge in [0.1, 0.15) is 0 Å². The van der Waals surface area contributed by atoms with Crippen LogP contribution in [0, 0.1) is 6.92 Å². The number of nitrogens with one attached hydrogen (secondary N) is 2. The van der Waals surface area contributed by atoms with E-state index in [0.29, 0.717) is 11.7 Å². The lowest BCUT2D eigenvalue weighted by atomic mass is 10.2. The fourth-order valence-electron chi connectivity index (χ4n) is 2.04. The van der Waals surface area contributed by atoms with Crippen molar-refractivity contribution in [1.82, 2.24) is 20.3 Å². The molecule has 2 amide bonds. The highest BCUT2D eigenvalue weighted by Gasteiger charge is 2.11. The summed E-state index contributed by atoms with van der Waals surface area (Å²) in [4.78, 5) is 25.5. The maximum absolute atomic E-state index is 11.9. The maximum Gasteiger partial charge on any atom is 0.321 e. The molecule has 0 unspecified atom stereocenters. The smallest absolute Gasteiger partial charge is 0.321 e. The van der Waals surface area contributed by atoms with E-state index in [9.17, 15) is 4.79 Å². The molecule has 3 aromatic heterocycles. The molecule has 0 bridgehead atoms. The van der Waals surface area contributed by atoms with Crippen LogP contribution in [0.3, 0.4) is 0 Å². The second-order valence-corrected chi connectivity index (χ2v) is 5.80. The Balaban J connectivity index is 1.63. The van der Waals surface area contributed by atoms with Gasteiger partial charge in [-0.1, -0.05) is 17.4 Å². The van der Waals surface area contributed by atoms with Gasteiger partial charge in [0.25, 0.3) is 0 Å². The lowest BCUT2D eigenvalue weighted by Gasteiger charge is -2.04. The zero-order valence-electron chi connectivity index (χ0n) is 12.5. The Labute approximate surface area is 137 Å². The van der Waals surface area contributed by atoms with Crippen LogP contribution < -0.4 is 10.6 Å². The predicted molar refractivity (Wildman–Crippen MR) is 90.2 cm³/mol. The fourth-order valence-corrected chi connectivity index (χ4v) is 3.00. The summed E-state index contributed by atoms with van der Waals surface area (Å²) in [6.45, 7) is 2.29. The van der Waals surface area contributed by atoms with Crippen molar-refractivity contribution >= 4 is 22.5 Å². The quantitative estimate of drug-likeness (QED) is 0.772. The van der Waals surface area contributed by atoms with E-state index in [2.05, 4.69) is 25.6 Å². The molecule has 3 heterocycles. The predicted octanol–water partition coefficient (Wildman–Crippen LogP) is 3.23. The van der Waals surface area contributed by atoms with E-state index >= 15 is 0 Å². The topological polar surface area (TPSA) is 79.8 Å². The number of nitrogens with zero attached hydrogens (tertiary/aromatic N) is 3. The first-order valence-corrected chi connectivity index (χ1v) is 7.86. The summed E-state index contributed by atoms with van der Waals surface area (Å²) in [6.07, 6.45) is 5.17. The Morgan fingerprint density at radius 3 is 2.74 bits per heavy atom. The number of aryl methyl sites for hydroxylation is 1. The Morgan fingerprint density at radius 2 is 2.00 bits per heavy atom. The van der Waals surface area contributed by atoms with E-state index < -0.39 is 0 Å². The summed E-state index contributed by atoms with van der Waals surface area (Å²) < 4.78 is 0. The summed E-state index contributed by atoms with van der Waals surface area (Å²) in [5, 5.41) is 6.08. The van der Waals surface area contributed by atoms with E-state index in [1.54, 1.807) is 18.6 Å². The van der Waals surface area contributed by atoms with Gasteiger partial charge < -0.3 is 5.32 Å². The third-order valence-electron chi connectivity index (χ3n) is 3.12. The second kappa shape index (κ2) is 6.97. The zero-order valence-corrected chi connectivity index (χ0v) is 13.3. The van der Waals surface area contributed by atoms with Gasteiger partial charge in [0, 0.05) is 18.6 Å². The number of hydrogen-bond acceptors (Lipinski definition) is 5. The van der Waals surface area contributed by atoms with Gasteiger partial charge in [-0.15, -0.1) is 0 Å². The molecule has 0 radical (unpaired) electrons. The Hall–Kier alpha value is -2.80. The van der Waals surface area contributed by atoms with E-state index in [0.717, 1.165) is 21.8 Å². The molecule has 0 atom stereocenters. The summed E-state index contributed by atoms with van der Waals surface area (Å²) >= 11 is 1.44. The van der Waals surface area contributed by atoms with Crippen LogP contribution in [0.5, 0.6) is 0 Å². The Bertz CT molecular complexity index is 789. The van der Waals surface area contributed by atoms with Gasteiger partial charge in [-0.2, -0.15) is 0 Å². The van der Waals surface area contributed by atoms with Crippen LogP contribution in [0.25, 0.3) is 10.4 Å². The summed E-state index contributed by atoms with van der Waals surface area (Å²) in [6, 6.07) is 9.12. The van der Waals surface area contributed by atoms with Crippen molar-refractivity contribution in [3.63, 3.8) is 0 Å².